The summed E-state index contributed by atoms with van der Waals surface area (Å²) >= 11 is 0. The lowest BCUT2D eigenvalue weighted by atomic mass is 10.1. The second-order valence-corrected chi connectivity index (χ2v) is 3.84. The molecule has 0 bridgehead atoms. The molecule has 15 heavy (non-hydrogen) atoms. The number of rotatable bonds is 1. The lowest BCUT2D eigenvalue weighted by Crippen LogP contribution is -2.36. The monoisotopic (exact) mass is 205 g/mol. The highest BCUT2D eigenvalue weighted by Gasteiger charge is 2.22. The normalized spacial score (nSPS) is 19.9. The molecule has 0 aliphatic carbocycles. The van der Waals surface area contributed by atoms with E-state index in [4.69, 9.17) is 4.74 Å². The molecule has 1 aromatic carbocycles. The molecular formula is C12H15NO2. The van der Waals surface area contributed by atoms with E-state index in [2.05, 4.69) is 5.32 Å². The van der Waals surface area contributed by atoms with E-state index in [1.54, 1.807) is 0 Å². The molecule has 0 fully saturated rings. The molecule has 1 aliphatic rings. The minimum absolute atomic E-state index is 0.0209. The molecule has 1 aliphatic heterocycles. The maximum atomic E-state index is 11.9. The number of fused-ring (bicyclic) bond motifs is 1. The van der Waals surface area contributed by atoms with Crippen molar-refractivity contribution < 1.29 is 9.53 Å². The van der Waals surface area contributed by atoms with Gasteiger partial charge in [0.05, 0.1) is 11.6 Å². The molecule has 0 radical (unpaired) electrons. The van der Waals surface area contributed by atoms with Crippen molar-refractivity contribution in [1.29, 1.82) is 0 Å². The summed E-state index contributed by atoms with van der Waals surface area (Å²) in [6.07, 6.45) is 0.888. The first-order valence-electron chi connectivity index (χ1n) is 5.25. The zero-order chi connectivity index (χ0) is 10.8. The summed E-state index contributed by atoms with van der Waals surface area (Å²) < 4.78 is 5.62. The van der Waals surface area contributed by atoms with Crippen LogP contribution in [0.25, 0.3) is 0 Å². The Morgan fingerprint density at radius 1 is 1.53 bits per heavy atom. The summed E-state index contributed by atoms with van der Waals surface area (Å²) in [6, 6.07) is 5.80. The van der Waals surface area contributed by atoms with Gasteiger partial charge in [-0.05, 0) is 25.0 Å². The number of benzene rings is 1. The van der Waals surface area contributed by atoms with E-state index in [-0.39, 0.29) is 11.9 Å². The molecule has 1 amide bonds. The minimum Gasteiger partial charge on any atom is -0.491 e. The zero-order valence-corrected chi connectivity index (χ0v) is 9.04. The second kappa shape index (κ2) is 3.93. The SMILES string of the molecule is CC[C@@H]1COc2cccc(C)c2C(=O)N1. The Labute approximate surface area is 89.4 Å². The van der Waals surface area contributed by atoms with E-state index >= 15 is 0 Å². The first-order chi connectivity index (χ1) is 7.22. The molecule has 1 atom stereocenters. The lowest BCUT2D eigenvalue weighted by molar-refractivity contribution is 0.0937. The van der Waals surface area contributed by atoms with Crippen LogP contribution in [-0.4, -0.2) is 18.6 Å². The molecule has 0 spiro atoms. The lowest BCUT2D eigenvalue weighted by Gasteiger charge is -2.11. The van der Waals surface area contributed by atoms with Gasteiger partial charge in [0.25, 0.3) is 5.91 Å². The number of aryl methyl sites for hydroxylation is 1. The number of carbonyl (C=O) groups is 1. The fourth-order valence-electron chi connectivity index (χ4n) is 1.76. The van der Waals surface area contributed by atoms with Gasteiger partial charge in [-0.25, -0.2) is 0 Å². The largest absolute Gasteiger partial charge is 0.491 e. The summed E-state index contributed by atoms with van der Waals surface area (Å²) in [6.45, 7) is 4.52. The average Bonchev–Trinajstić information content (AvgIpc) is 2.39. The topological polar surface area (TPSA) is 38.3 Å². The molecule has 80 valence electrons. The van der Waals surface area contributed by atoms with Gasteiger partial charge >= 0.3 is 0 Å². The highest BCUT2D eigenvalue weighted by molar-refractivity contribution is 5.98. The highest BCUT2D eigenvalue weighted by Crippen LogP contribution is 2.24. The van der Waals surface area contributed by atoms with E-state index in [1.807, 2.05) is 32.0 Å². The van der Waals surface area contributed by atoms with Gasteiger partial charge in [-0.1, -0.05) is 19.1 Å². The Hall–Kier alpha value is -1.51. The van der Waals surface area contributed by atoms with Crippen LogP contribution in [0.1, 0.15) is 29.3 Å². The van der Waals surface area contributed by atoms with Crippen LogP contribution in [0, 0.1) is 6.92 Å². The minimum atomic E-state index is -0.0209. The molecule has 0 saturated carbocycles. The first kappa shape index (κ1) is 10.0. The van der Waals surface area contributed by atoms with Crippen molar-refractivity contribution in [2.75, 3.05) is 6.61 Å². The van der Waals surface area contributed by atoms with E-state index < -0.39 is 0 Å². The van der Waals surface area contributed by atoms with Crippen LogP contribution in [0.4, 0.5) is 0 Å². The van der Waals surface area contributed by atoms with Gasteiger partial charge in [0.2, 0.25) is 0 Å². The maximum Gasteiger partial charge on any atom is 0.255 e. The Kier molecular flexibility index (Phi) is 2.62. The summed E-state index contributed by atoms with van der Waals surface area (Å²) in [5.41, 5.74) is 1.63. The predicted octanol–water partition coefficient (Wildman–Crippen LogP) is 1.90. The summed E-state index contributed by atoms with van der Waals surface area (Å²) in [4.78, 5) is 11.9. The fraction of sp³-hybridized carbons (Fsp3) is 0.417. The Balaban J connectivity index is 2.40. The smallest absolute Gasteiger partial charge is 0.255 e. The molecular weight excluding hydrogens is 190 g/mol. The number of ether oxygens (including phenoxy) is 1. The van der Waals surface area contributed by atoms with Crippen LogP contribution in [0.2, 0.25) is 0 Å². The molecule has 3 heteroatoms. The molecule has 1 N–H and O–H groups in total. The Morgan fingerprint density at radius 3 is 3.07 bits per heavy atom. The molecule has 0 unspecified atom stereocenters. The summed E-state index contributed by atoms with van der Waals surface area (Å²) in [5.74, 6) is 0.677. The fourth-order valence-corrected chi connectivity index (χ4v) is 1.76. The number of hydrogen-bond donors (Lipinski definition) is 1. The second-order valence-electron chi connectivity index (χ2n) is 3.84. The molecule has 1 heterocycles. The van der Waals surface area contributed by atoms with Gasteiger partial charge < -0.3 is 10.1 Å². The van der Waals surface area contributed by atoms with Gasteiger partial charge in [-0.2, -0.15) is 0 Å². The van der Waals surface area contributed by atoms with E-state index in [0.717, 1.165) is 12.0 Å². The third kappa shape index (κ3) is 1.82. The van der Waals surface area contributed by atoms with E-state index in [0.29, 0.717) is 17.9 Å². The highest BCUT2D eigenvalue weighted by atomic mass is 16.5. The number of amides is 1. The predicted molar refractivity (Wildman–Crippen MR) is 58.2 cm³/mol. The van der Waals surface area contributed by atoms with Crippen LogP contribution in [0.5, 0.6) is 5.75 Å². The number of carbonyl (C=O) groups excluding carboxylic acids is 1. The van der Waals surface area contributed by atoms with Crippen molar-refractivity contribution in [3.05, 3.63) is 29.3 Å². The summed E-state index contributed by atoms with van der Waals surface area (Å²) in [7, 11) is 0. The van der Waals surface area contributed by atoms with Crippen LogP contribution < -0.4 is 10.1 Å². The van der Waals surface area contributed by atoms with Crippen molar-refractivity contribution in [1.82, 2.24) is 5.32 Å². The third-order valence-electron chi connectivity index (χ3n) is 2.73. The van der Waals surface area contributed by atoms with Crippen molar-refractivity contribution in [2.24, 2.45) is 0 Å². The average molecular weight is 205 g/mol. The van der Waals surface area contributed by atoms with Crippen LogP contribution in [-0.2, 0) is 0 Å². The van der Waals surface area contributed by atoms with Crippen molar-refractivity contribution in [3.8, 4) is 5.75 Å². The summed E-state index contributed by atoms with van der Waals surface area (Å²) in [5, 5.41) is 2.96. The third-order valence-corrected chi connectivity index (χ3v) is 2.73. The zero-order valence-electron chi connectivity index (χ0n) is 9.04. The van der Waals surface area contributed by atoms with Gasteiger partial charge in [-0.3, -0.25) is 4.79 Å². The van der Waals surface area contributed by atoms with Crippen LogP contribution in [0.15, 0.2) is 18.2 Å². The van der Waals surface area contributed by atoms with Crippen molar-refractivity contribution in [3.63, 3.8) is 0 Å². The Bertz CT molecular complexity index is 387. The van der Waals surface area contributed by atoms with Crippen molar-refractivity contribution in [2.45, 2.75) is 26.3 Å². The maximum absolute atomic E-state index is 11.9. The van der Waals surface area contributed by atoms with Crippen molar-refractivity contribution >= 4 is 5.91 Å². The van der Waals surface area contributed by atoms with Gasteiger partial charge in [0.1, 0.15) is 12.4 Å². The van der Waals surface area contributed by atoms with E-state index in [9.17, 15) is 4.79 Å². The van der Waals surface area contributed by atoms with Gasteiger partial charge in [0.15, 0.2) is 0 Å². The Morgan fingerprint density at radius 2 is 2.33 bits per heavy atom. The van der Waals surface area contributed by atoms with Gasteiger partial charge in [0, 0.05) is 0 Å². The molecule has 1 aromatic rings. The quantitative estimate of drug-likeness (QED) is 0.760. The first-order valence-corrected chi connectivity index (χ1v) is 5.25. The standard InChI is InChI=1S/C12H15NO2/c1-3-9-7-15-10-6-4-5-8(2)11(10)12(14)13-9/h4-6,9H,3,7H2,1-2H3,(H,13,14)/t9-/m1/s1. The number of nitrogens with one attached hydrogen (secondary N) is 1. The molecule has 2 rings (SSSR count). The molecule has 3 nitrogen and oxygen atoms in total. The van der Waals surface area contributed by atoms with Crippen LogP contribution in [0.3, 0.4) is 0 Å². The van der Waals surface area contributed by atoms with Crippen LogP contribution >= 0.6 is 0 Å². The van der Waals surface area contributed by atoms with E-state index in [1.165, 1.54) is 0 Å². The number of hydrogen-bond acceptors (Lipinski definition) is 2. The van der Waals surface area contributed by atoms with Gasteiger partial charge in [-0.15, -0.1) is 0 Å². The molecule has 0 aromatic heterocycles. The molecule has 0 saturated heterocycles.